The molecule has 0 fully saturated rings. The molecule has 0 bridgehead atoms. The lowest BCUT2D eigenvalue weighted by atomic mass is 10.1. The first-order valence-electron chi connectivity index (χ1n) is 7.67. The second-order valence-corrected chi connectivity index (χ2v) is 5.14. The van der Waals surface area contributed by atoms with Gasteiger partial charge in [0.1, 0.15) is 5.75 Å². The lowest BCUT2D eigenvalue weighted by molar-refractivity contribution is 0.172. The minimum atomic E-state index is -0.622. The summed E-state index contributed by atoms with van der Waals surface area (Å²) in [5, 5.41) is 15.3. The summed E-state index contributed by atoms with van der Waals surface area (Å²) in [6.45, 7) is 2.71. The van der Waals surface area contributed by atoms with Gasteiger partial charge in [-0.15, -0.1) is 0 Å². The van der Waals surface area contributed by atoms with Crippen molar-refractivity contribution in [2.75, 3.05) is 18.5 Å². The molecule has 5 nitrogen and oxygen atoms in total. The maximum absolute atomic E-state index is 11.8. The highest BCUT2D eigenvalue weighted by atomic mass is 16.5. The zero-order chi connectivity index (χ0) is 16.5. The monoisotopic (exact) mass is 314 g/mol. The second-order valence-electron chi connectivity index (χ2n) is 5.14. The zero-order valence-electron chi connectivity index (χ0n) is 13.2. The molecule has 2 rings (SSSR count). The first kappa shape index (κ1) is 16.8. The third kappa shape index (κ3) is 6.00. The quantitative estimate of drug-likeness (QED) is 0.736. The van der Waals surface area contributed by atoms with Crippen LogP contribution in [0.25, 0.3) is 0 Å². The lowest BCUT2D eigenvalue weighted by Gasteiger charge is -2.13. The van der Waals surface area contributed by atoms with Crippen LogP contribution in [0.3, 0.4) is 0 Å². The van der Waals surface area contributed by atoms with Gasteiger partial charge >= 0.3 is 6.03 Å². The van der Waals surface area contributed by atoms with Crippen molar-refractivity contribution in [2.45, 2.75) is 19.4 Å². The van der Waals surface area contributed by atoms with Crippen LogP contribution >= 0.6 is 0 Å². The molecule has 2 aromatic rings. The predicted molar refractivity (Wildman–Crippen MR) is 90.8 cm³/mol. The molecule has 23 heavy (non-hydrogen) atoms. The molecule has 122 valence electrons. The maximum Gasteiger partial charge on any atom is 0.319 e. The van der Waals surface area contributed by atoms with E-state index in [9.17, 15) is 9.90 Å². The first-order valence-corrected chi connectivity index (χ1v) is 7.67. The molecular formula is C18H22N2O3. The third-order valence-electron chi connectivity index (χ3n) is 3.24. The second kappa shape index (κ2) is 8.80. The Labute approximate surface area is 136 Å². The third-order valence-corrected chi connectivity index (χ3v) is 3.24. The van der Waals surface area contributed by atoms with E-state index in [1.54, 1.807) is 24.3 Å². The van der Waals surface area contributed by atoms with Crippen molar-refractivity contribution < 1.29 is 14.6 Å². The number of anilines is 1. The first-order chi connectivity index (χ1) is 11.2. The van der Waals surface area contributed by atoms with E-state index in [4.69, 9.17) is 4.74 Å². The SMILES string of the molecule is CCOc1ccc(NC(=O)NCC(O)Cc2ccccc2)cc1. The minimum Gasteiger partial charge on any atom is -0.494 e. The number of carbonyl (C=O) groups is 1. The van der Waals surface area contributed by atoms with Crippen molar-refractivity contribution in [3.63, 3.8) is 0 Å². The van der Waals surface area contributed by atoms with Crippen molar-refractivity contribution in [1.82, 2.24) is 5.32 Å². The Morgan fingerprint density at radius 1 is 1.13 bits per heavy atom. The Hall–Kier alpha value is -2.53. The lowest BCUT2D eigenvalue weighted by Crippen LogP contribution is -2.36. The van der Waals surface area contributed by atoms with E-state index >= 15 is 0 Å². The summed E-state index contributed by atoms with van der Waals surface area (Å²) < 4.78 is 5.34. The van der Waals surface area contributed by atoms with Crippen LogP contribution in [0.5, 0.6) is 5.75 Å². The molecule has 0 heterocycles. The van der Waals surface area contributed by atoms with Crippen LogP contribution in [0.15, 0.2) is 54.6 Å². The molecule has 5 heteroatoms. The number of aliphatic hydroxyl groups is 1. The average molecular weight is 314 g/mol. The normalized spacial score (nSPS) is 11.6. The topological polar surface area (TPSA) is 70.6 Å². The molecule has 0 saturated carbocycles. The minimum absolute atomic E-state index is 0.192. The Balaban J connectivity index is 1.74. The highest BCUT2D eigenvalue weighted by molar-refractivity contribution is 5.89. The number of benzene rings is 2. The Bertz CT molecular complexity index is 599. The van der Waals surface area contributed by atoms with E-state index in [0.29, 0.717) is 18.7 Å². The van der Waals surface area contributed by atoms with Crippen LogP contribution < -0.4 is 15.4 Å². The molecule has 0 spiro atoms. The summed E-state index contributed by atoms with van der Waals surface area (Å²) in [6, 6.07) is 16.5. The molecule has 0 aliphatic heterocycles. The average Bonchev–Trinajstić information content (AvgIpc) is 2.56. The molecule has 1 unspecified atom stereocenters. The summed E-state index contributed by atoms with van der Waals surface area (Å²) >= 11 is 0. The molecule has 1 atom stereocenters. The predicted octanol–water partition coefficient (Wildman–Crippen LogP) is 2.81. The largest absolute Gasteiger partial charge is 0.494 e. The Morgan fingerprint density at radius 3 is 2.48 bits per heavy atom. The van der Waals surface area contributed by atoms with Gasteiger partial charge in [-0.25, -0.2) is 4.79 Å². The summed E-state index contributed by atoms with van der Waals surface area (Å²) in [6.07, 6.45) is -0.118. The number of rotatable bonds is 7. The fraction of sp³-hybridized carbons (Fsp3) is 0.278. The van der Waals surface area contributed by atoms with Gasteiger partial charge in [0.05, 0.1) is 12.7 Å². The molecule has 3 N–H and O–H groups in total. The summed E-state index contributed by atoms with van der Waals surface area (Å²) in [4.78, 5) is 11.8. The van der Waals surface area contributed by atoms with Crippen molar-refractivity contribution in [1.29, 1.82) is 0 Å². The molecule has 0 aliphatic rings. The molecule has 0 aliphatic carbocycles. The van der Waals surface area contributed by atoms with Gasteiger partial charge in [-0.1, -0.05) is 30.3 Å². The van der Waals surface area contributed by atoms with Gasteiger partial charge in [-0.2, -0.15) is 0 Å². The standard InChI is InChI=1S/C18H22N2O3/c1-2-23-17-10-8-15(9-11-17)20-18(22)19-13-16(21)12-14-6-4-3-5-7-14/h3-11,16,21H,2,12-13H2,1H3,(H2,19,20,22). The number of nitrogens with one attached hydrogen (secondary N) is 2. The molecule has 2 aromatic carbocycles. The van der Waals surface area contributed by atoms with Gasteiger partial charge in [0.2, 0.25) is 0 Å². The van der Waals surface area contributed by atoms with E-state index in [-0.39, 0.29) is 12.6 Å². The van der Waals surface area contributed by atoms with Crippen LogP contribution in [0.4, 0.5) is 10.5 Å². The summed E-state index contributed by atoms with van der Waals surface area (Å²) in [5.41, 5.74) is 1.71. The van der Waals surface area contributed by atoms with Crippen molar-refractivity contribution in [3.05, 3.63) is 60.2 Å². The van der Waals surface area contributed by atoms with Crippen molar-refractivity contribution >= 4 is 11.7 Å². The summed E-state index contributed by atoms with van der Waals surface area (Å²) in [7, 11) is 0. The van der Waals surface area contributed by atoms with Gasteiger partial charge in [-0.3, -0.25) is 0 Å². The molecule has 0 aromatic heterocycles. The molecular weight excluding hydrogens is 292 g/mol. The fourth-order valence-corrected chi connectivity index (χ4v) is 2.15. The number of carbonyl (C=O) groups excluding carboxylic acids is 1. The molecule has 0 radical (unpaired) electrons. The van der Waals surface area contributed by atoms with E-state index in [1.807, 2.05) is 37.3 Å². The van der Waals surface area contributed by atoms with Gasteiger partial charge in [0, 0.05) is 18.7 Å². The number of amides is 2. The maximum atomic E-state index is 11.8. The van der Waals surface area contributed by atoms with Crippen LogP contribution in [0, 0.1) is 0 Å². The number of ether oxygens (including phenoxy) is 1. The molecule has 0 saturated heterocycles. The van der Waals surface area contributed by atoms with Gasteiger partial charge in [-0.05, 0) is 36.8 Å². The van der Waals surface area contributed by atoms with Crippen molar-refractivity contribution in [2.24, 2.45) is 0 Å². The highest BCUT2D eigenvalue weighted by Gasteiger charge is 2.08. The number of hydrogen-bond acceptors (Lipinski definition) is 3. The molecule has 2 amide bonds. The van der Waals surface area contributed by atoms with E-state index in [2.05, 4.69) is 10.6 Å². The zero-order valence-corrected chi connectivity index (χ0v) is 13.2. The smallest absolute Gasteiger partial charge is 0.319 e. The van der Waals surface area contributed by atoms with Crippen LogP contribution in [-0.2, 0) is 6.42 Å². The number of urea groups is 1. The Kier molecular flexibility index (Phi) is 6.44. The van der Waals surface area contributed by atoms with Crippen molar-refractivity contribution in [3.8, 4) is 5.75 Å². The summed E-state index contributed by atoms with van der Waals surface area (Å²) in [5.74, 6) is 0.761. The Morgan fingerprint density at radius 2 is 1.83 bits per heavy atom. The number of hydrogen-bond donors (Lipinski definition) is 3. The van der Waals surface area contributed by atoms with E-state index in [0.717, 1.165) is 11.3 Å². The van der Waals surface area contributed by atoms with Gasteiger partial charge in [0.25, 0.3) is 0 Å². The van der Waals surface area contributed by atoms with Gasteiger partial charge < -0.3 is 20.5 Å². The van der Waals surface area contributed by atoms with E-state index in [1.165, 1.54) is 0 Å². The van der Waals surface area contributed by atoms with Crippen LogP contribution in [0.1, 0.15) is 12.5 Å². The number of aliphatic hydroxyl groups excluding tert-OH is 1. The van der Waals surface area contributed by atoms with Gasteiger partial charge in [0.15, 0.2) is 0 Å². The van der Waals surface area contributed by atoms with E-state index < -0.39 is 6.10 Å². The fourth-order valence-electron chi connectivity index (χ4n) is 2.15. The van der Waals surface area contributed by atoms with Crippen LogP contribution in [0.2, 0.25) is 0 Å². The van der Waals surface area contributed by atoms with Crippen LogP contribution in [-0.4, -0.2) is 30.4 Å². The highest BCUT2D eigenvalue weighted by Crippen LogP contribution is 2.15.